The zero-order chi connectivity index (χ0) is 10.6. The number of nitrogens with two attached hydrogens (primary N) is 1. The lowest BCUT2D eigenvalue weighted by molar-refractivity contribution is -0.00640. The van der Waals surface area contributed by atoms with Crippen LogP contribution in [0.25, 0.3) is 0 Å². The molecule has 4 nitrogen and oxygen atoms in total. The molecule has 0 aromatic rings. The van der Waals surface area contributed by atoms with Gasteiger partial charge in [0.2, 0.25) is 0 Å². The molecule has 1 aliphatic rings. The summed E-state index contributed by atoms with van der Waals surface area (Å²) in [5.41, 5.74) is 5.58. The Balaban J connectivity index is 2.25. The number of rotatable bonds is 4. The second-order valence-corrected chi connectivity index (χ2v) is 5.55. The molecule has 1 rings (SSSR count). The van der Waals surface area contributed by atoms with Gasteiger partial charge >= 0.3 is 0 Å². The topological polar surface area (TPSA) is 55.6 Å². The fourth-order valence-electron chi connectivity index (χ4n) is 1.54. The van der Waals surface area contributed by atoms with Gasteiger partial charge in [-0.1, -0.05) is 0 Å². The molecule has 0 saturated carbocycles. The number of nitrogens with zero attached hydrogens (tertiary/aromatic N) is 1. The lowest BCUT2D eigenvalue weighted by Gasteiger charge is -2.29. The van der Waals surface area contributed by atoms with Gasteiger partial charge in [-0.15, -0.1) is 0 Å². The summed E-state index contributed by atoms with van der Waals surface area (Å²) in [5.74, 6) is 1.19. The van der Waals surface area contributed by atoms with Crippen LogP contribution < -0.4 is 5.73 Å². The molecule has 2 N–H and O–H groups in total. The molecule has 3 unspecified atom stereocenters. The molecule has 0 spiro atoms. The predicted octanol–water partition coefficient (Wildman–Crippen LogP) is -0.587. The van der Waals surface area contributed by atoms with Gasteiger partial charge in [0.25, 0.3) is 0 Å². The van der Waals surface area contributed by atoms with Gasteiger partial charge in [0.1, 0.15) is 0 Å². The van der Waals surface area contributed by atoms with E-state index in [4.69, 9.17) is 10.5 Å². The minimum Gasteiger partial charge on any atom is -0.375 e. The highest BCUT2D eigenvalue weighted by molar-refractivity contribution is 7.85. The van der Waals surface area contributed by atoms with Gasteiger partial charge in [0, 0.05) is 35.7 Å². The predicted molar refractivity (Wildman–Crippen MR) is 58.8 cm³/mol. The average Bonchev–Trinajstić information content (AvgIpc) is 2.01. The van der Waals surface area contributed by atoms with Crippen molar-refractivity contribution in [3.8, 4) is 0 Å². The van der Waals surface area contributed by atoms with Crippen molar-refractivity contribution in [3.05, 3.63) is 0 Å². The van der Waals surface area contributed by atoms with Crippen molar-refractivity contribution in [2.24, 2.45) is 5.73 Å². The molecule has 1 fully saturated rings. The zero-order valence-electron chi connectivity index (χ0n) is 8.94. The first-order chi connectivity index (χ1) is 6.58. The molecule has 0 amide bonds. The minimum atomic E-state index is -0.839. The summed E-state index contributed by atoms with van der Waals surface area (Å²) in [7, 11) is 1.22. The first-order valence-electron chi connectivity index (χ1n) is 4.98. The largest absolute Gasteiger partial charge is 0.375 e. The third kappa shape index (κ3) is 4.50. The lowest BCUT2D eigenvalue weighted by atomic mass is 10.3. The van der Waals surface area contributed by atoms with Crippen LogP contribution in [0.3, 0.4) is 0 Å². The van der Waals surface area contributed by atoms with Gasteiger partial charge in [-0.25, -0.2) is 0 Å². The minimum absolute atomic E-state index is 0.0113. The van der Waals surface area contributed by atoms with Crippen LogP contribution in [0.5, 0.6) is 0 Å². The number of morpholine rings is 1. The maximum absolute atomic E-state index is 11.6. The first-order valence-corrected chi connectivity index (χ1v) is 6.47. The molecule has 1 saturated heterocycles. The number of hydrogen-bond acceptors (Lipinski definition) is 4. The maximum Gasteiger partial charge on any atom is 0.0817 e. The fraction of sp³-hybridized carbons (Fsp3) is 1.00. The van der Waals surface area contributed by atoms with Crippen molar-refractivity contribution in [1.29, 1.82) is 0 Å². The van der Waals surface area contributed by atoms with Crippen LogP contribution in [0, 0.1) is 0 Å². The Labute approximate surface area is 88.2 Å². The van der Waals surface area contributed by atoms with Crippen molar-refractivity contribution < 1.29 is 8.95 Å². The number of hydrogen-bond donors (Lipinski definition) is 1. The summed E-state index contributed by atoms with van der Waals surface area (Å²) in [5, 5.41) is 0. The first kappa shape index (κ1) is 12.1. The van der Waals surface area contributed by atoms with Crippen molar-refractivity contribution in [2.75, 3.05) is 38.2 Å². The van der Waals surface area contributed by atoms with E-state index in [0.717, 1.165) is 19.7 Å². The lowest BCUT2D eigenvalue weighted by Crippen LogP contribution is -2.43. The van der Waals surface area contributed by atoms with Crippen LogP contribution in [-0.4, -0.2) is 59.5 Å². The molecule has 1 heterocycles. The summed E-state index contributed by atoms with van der Waals surface area (Å²) in [6.45, 7) is 4.48. The zero-order valence-corrected chi connectivity index (χ0v) is 9.76. The van der Waals surface area contributed by atoms with Gasteiger partial charge in [0.15, 0.2) is 0 Å². The SMILES string of the molecule is CC(N)CS(=O)CC1CN(C)CCO1. The van der Waals surface area contributed by atoms with Gasteiger partial charge in [0.05, 0.1) is 18.5 Å². The van der Waals surface area contributed by atoms with Crippen LogP contribution in [-0.2, 0) is 15.5 Å². The normalized spacial score (nSPS) is 28.6. The molecule has 0 aliphatic carbocycles. The monoisotopic (exact) mass is 220 g/mol. The summed E-state index contributed by atoms with van der Waals surface area (Å²) in [6, 6.07) is 0.0113. The Morgan fingerprint density at radius 1 is 1.71 bits per heavy atom. The van der Waals surface area contributed by atoms with Crippen LogP contribution in [0.2, 0.25) is 0 Å². The molecule has 0 aromatic carbocycles. The standard InChI is InChI=1S/C9H20N2O2S/c1-8(10)6-14(12)7-9-5-11(2)3-4-13-9/h8-9H,3-7,10H2,1-2H3. The molecule has 0 radical (unpaired) electrons. The second kappa shape index (κ2) is 5.80. The van der Waals surface area contributed by atoms with Crippen LogP contribution in [0.15, 0.2) is 0 Å². The van der Waals surface area contributed by atoms with E-state index < -0.39 is 10.8 Å². The van der Waals surface area contributed by atoms with Gasteiger partial charge in [-0.05, 0) is 14.0 Å². The Bertz CT molecular complexity index is 199. The Kier molecular flexibility index (Phi) is 5.01. The Hall–Kier alpha value is 0.0300. The van der Waals surface area contributed by atoms with Crippen LogP contribution in [0.4, 0.5) is 0 Å². The van der Waals surface area contributed by atoms with Crippen molar-refractivity contribution in [1.82, 2.24) is 4.90 Å². The summed E-state index contributed by atoms with van der Waals surface area (Å²) in [6.07, 6.45) is 0.119. The number of ether oxygens (including phenoxy) is 1. The van der Waals surface area contributed by atoms with Crippen LogP contribution >= 0.6 is 0 Å². The maximum atomic E-state index is 11.6. The summed E-state index contributed by atoms with van der Waals surface area (Å²) < 4.78 is 17.1. The van der Waals surface area contributed by atoms with Gasteiger partial charge in [-0.2, -0.15) is 0 Å². The average molecular weight is 220 g/mol. The summed E-state index contributed by atoms with van der Waals surface area (Å²) in [4.78, 5) is 2.21. The van der Waals surface area contributed by atoms with Gasteiger partial charge in [-0.3, -0.25) is 4.21 Å². The van der Waals surface area contributed by atoms with E-state index in [-0.39, 0.29) is 12.1 Å². The van der Waals surface area contributed by atoms with E-state index in [1.165, 1.54) is 0 Å². The molecular formula is C9H20N2O2S. The fourth-order valence-corrected chi connectivity index (χ4v) is 2.88. The molecule has 0 bridgehead atoms. The molecule has 0 aromatic heterocycles. The Morgan fingerprint density at radius 2 is 2.43 bits per heavy atom. The highest BCUT2D eigenvalue weighted by Gasteiger charge is 2.20. The van der Waals surface area contributed by atoms with E-state index in [1.54, 1.807) is 0 Å². The molecule has 5 heteroatoms. The third-order valence-electron chi connectivity index (χ3n) is 2.16. The molecule has 14 heavy (non-hydrogen) atoms. The highest BCUT2D eigenvalue weighted by atomic mass is 32.2. The quantitative estimate of drug-likeness (QED) is 0.688. The molecule has 84 valence electrons. The van der Waals surface area contributed by atoms with E-state index in [2.05, 4.69) is 11.9 Å². The second-order valence-electron chi connectivity index (χ2n) is 4.01. The van der Waals surface area contributed by atoms with Gasteiger partial charge < -0.3 is 15.4 Å². The molecular weight excluding hydrogens is 200 g/mol. The molecule has 3 atom stereocenters. The van der Waals surface area contributed by atoms with Crippen molar-refractivity contribution >= 4 is 10.8 Å². The molecule has 1 aliphatic heterocycles. The van der Waals surface area contributed by atoms with E-state index >= 15 is 0 Å². The Morgan fingerprint density at radius 3 is 3.00 bits per heavy atom. The highest BCUT2D eigenvalue weighted by Crippen LogP contribution is 2.04. The van der Waals surface area contributed by atoms with Crippen molar-refractivity contribution in [2.45, 2.75) is 19.1 Å². The van der Waals surface area contributed by atoms with Crippen LogP contribution in [0.1, 0.15) is 6.92 Å². The summed E-state index contributed by atoms with van der Waals surface area (Å²) >= 11 is 0. The van der Waals surface area contributed by atoms with E-state index in [9.17, 15) is 4.21 Å². The van der Waals surface area contributed by atoms with E-state index in [1.807, 2.05) is 6.92 Å². The van der Waals surface area contributed by atoms with Crippen molar-refractivity contribution in [3.63, 3.8) is 0 Å². The number of likely N-dealkylation sites (N-methyl/N-ethyl adjacent to an activating group) is 1. The smallest absolute Gasteiger partial charge is 0.0817 e. The van der Waals surface area contributed by atoms with E-state index in [0.29, 0.717) is 11.5 Å². The third-order valence-corrected chi connectivity index (χ3v) is 3.80.